The molecule has 158 valence electrons. The van der Waals surface area contributed by atoms with Gasteiger partial charge in [0.05, 0.1) is 16.6 Å². The maximum Gasteiger partial charge on any atom is 0.207 e. The molecule has 0 unspecified atom stereocenters. The minimum absolute atomic E-state index is 0.000571. The van der Waals surface area contributed by atoms with Crippen molar-refractivity contribution in [1.29, 1.82) is 5.26 Å². The van der Waals surface area contributed by atoms with Crippen molar-refractivity contribution in [3.63, 3.8) is 0 Å². The van der Waals surface area contributed by atoms with Crippen molar-refractivity contribution in [2.75, 3.05) is 0 Å². The predicted molar refractivity (Wildman–Crippen MR) is 129 cm³/mol. The molecule has 5 heteroatoms. The molecule has 5 rings (SSSR count). The van der Waals surface area contributed by atoms with E-state index in [2.05, 4.69) is 4.98 Å². The summed E-state index contributed by atoms with van der Waals surface area (Å²) in [4.78, 5) is 16.7. The van der Waals surface area contributed by atoms with Crippen LogP contribution in [-0.2, 0) is 6.61 Å². The SMILES string of the molecule is N#Cc1cc(=O)c2ccc(/C=C/c3cccc(OCc4ccc5ccccc5n4)c3)cc2o1. The molecule has 2 aromatic heterocycles. The summed E-state index contributed by atoms with van der Waals surface area (Å²) in [6.45, 7) is 0.378. The van der Waals surface area contributed by atoms with Crippen molar-refractivity contribution in [1.82, 2.24) is 4.98 Å². The van der Waals surface area contributed by atoms with E-state index in [1.54, 1.807) is 12.1 Å². The molecule has 5 nitrogen and oxygen atoms in total. The van der Waals surface area contributed by atoms with E-state index < -0.39 is 0 Å². The maximum atomic E-state index is 12.1. The van der Waals surface area contributed by atoms with E-state index in [0.29, 0.717) is 17.6 Å². The molecule has 0 N–H and O–H groups in total. The van der Waals surface area contributed by atoms with Gasteiger partial charge < -0.3 is 9.15 Å². The lowest BCUT2D eigenvalue weighted by molar-refractivity contribution is 0.302. The van der Waals surface area contributed by atoms with Gasteiger partial charge in [0.1, 0.15) is 24.0 Å². The lowest BCUT2D eigenvalue weighted by Gasteiger charge is -2.07. The Morgan fingerprint density at radius 2 is 1.76 bits per heavy atom. The Labute approximate surface area is 189 Å². The van der Waals surface area contributed by atoms with Gasteiger partial charge in [0, 0.05) is 11.5 Å². The third-order valence-corrected chi connectivity index (χ3v) is 5.23. The molecule has 3 aromatic carbocycles. The monoisotopic (exact) mass is 430 g/mol. The minimum atomic E-state index is -0.228. The predicted octanol–water partition coefficient (Wildman–Crippen LogP) is 5.96. The highest BCUT2D eigenvalue weighted by Gasteiger charge is 2.05. The van der Waals surface area contributed by atoms with E-state index >= 15 is 0 Å². The number of benzene rings is 3. The van der Waals surface area contributed by atoms with Gasteiger partial charge in [-0.05, 0) is 47.5 Å². The van der Waals surface area contributed by atoms with Crippen molar-refractivity contribution >= 4 is 34.0 Å². The first-order valence-corrected chi connectivity index (χ1v) is 10.4. The summed E-state index contributed by atoms with van der Waals surface area (Å²) in [5.74, 6) is 0.745. The molecule has 33 heavy (non-hydrogen) atoms. The van der Waals surface area contributed by atoms with Crippen molar-refractivity contribution in [3.05, 3.63) is 118 Å². The van der Waals surface area contributed by atoms with E-state index in [-0.39, 0.29) is 11.2 Å². The number of nitriles is 1. The van der Waals surface area contributed by atoms with Crippen molar-refractivity contribution < 1.29 is 9.15 Å². The molecule has 2 heterocycles. The van der Waals surface area contributed by atoms with Crippen molar-refractivity contribution in [3.8, 4) is 11.8 Å². The second-order valence-electron chi connectivity index (χ2n) is 7.53. The van der Waals surface area contributed by atoms with Crippen molar-refractivity contribution in [2.24, 2.45) is 0 Å². The van der Waals surface area contributed by atoms with Gasteiger partial charge >= 0.3 is 0 Å². The number of para-hydroxylation sites is 1. The molecule has 0 saturated heterocycles. The maximum absolute atomic E-state index is 12.1. The van der Waals surface area contributed by atoms with Gasteiger partial charge in [-0.1, -0.05) is 54.6 Å². The van der Waals surface area contributed by atoms with Crippen LogP contribution in [0.3, 0.4) is 0 Å². The Morgan fingerprint density at radius 1 is 0.909 bits per heavy atom. The van der Waals surface area contributed by atoms with Crippen LogP contribution in [0.2, 0.25) is 0 Å². The van der Waals surface area contributed by atoms with Crippen molar-refractivity contribution in [2.45, 2.75) is 6.61 Å². The number of fused-ring (bicyclic) bond motifs is 2. The number of pyridine rings is 1. The van der Waals surface area contributed by atoms with E-state index in [9.17, 15) is 4.79 Å². The first-order chi connectivity index (χ1) is 16.2. The molecular weight excluding hydrogens is 412 g/mol. The third-order valence-electron chi connectivity index (χ3n) is 5.23. The Kier molecular flexibility index (Phi) is 5.40. The zero-order valence-corrected chi connectivity index (χ0v) is 17.6. The zero-order chi connectivity index (χ0) is 22.6. The van der Waals surface area contributed by atoms with Crippen LogP contribution in [0.1, 0.15) is 22.6 Å². The minimum Gasteiger partial charge on any atom is -0.487 e. The lowest BCUT2D eigenvalue weighted by Crippen LogP contribution is -2.00. The molecule has 0 spiro atoms. The van der Waals surface area contributed by atoms with Crippen LogP contribution >= 0.6 is 0 Å². The van der Waals surface area contributed by atoms with Crippen LogP contribution in [0.25, 0.3) is 34.0 Å². The fourth-order valence-electron chi connectivity index (χ4n) is 3.58. The Morgan fingerprint density at radius 3 is 2.64 bits per heavy atom. The van der Waals surface area contributed by atoms with E-state index in [1.807, 2.05) is 85.0 Å². The lowest BCUT2D eigenvalue weighted by atomic mass is 10.1. The molecule has 0 atom stereocenters. The molecule has 0 aliphatic rings. The average Bonchev–Trinajstić information content (AvgIpc) is 2.86. The fraction of sp³-hybridized carbons (Fsp3) is 0.0357. The molecular formula is C28H18N2O3. The van der Waals surface area contributed by atoms with Gasteiger partial charge in [0.25, 0.3) is 0 Å². The number of hydrogen-bond donors (Lipinski definition) is 0. The van der Waals surface area contributed by atoms with Crippen LogP contribution in [0.4, 0.5) is 0 Å². The summed E-state index contributed by atoms with van der Waals surface area (Å²) in [6.07, 6.45) is 3.87. The molecule has 0 aliphatic carbocycles. The highest BCUT2D eigenvalue weighted by molar-refractivity contribution is 5.82. The van der Waals surface area contributed by atoms with Gasteiger partial charge in [-0.3, -0.25) is 4.79 Å². The summed E-state index contributed by atoms with van der Waals surface area (Å²) in [7, 11) is 0. The Bertz CT molecular complexity index is 1610. The summed E-state index contributed by atoms with van der Waals surface area (Å²) in [5, 5.41) is 10.6. The Balaban J connectivity index is 1.32. The van der Waals surface area contributed by atoms with Crippen LogP contribution in [0, 0.1) is 11.3 Å². The average molecular weight is 430 g/mol. The summed E-state index contributed by atoms with van der Waals surface area (Å²) in [6, 6.07) is 28.2. The van der Waals surface area contributed by atoms with E-state index in [1.165, 1.54) is 6.07 Å². The zero-order valence-electron chi connectivity index (χ0n) is 17.6. The molecule has 0 aliphatic heterocycles. The topological polar surface area (TPSA) is 76.1 Å². The first kappa shape index (κ1) is 20.2. The smallest absolute Gasteiger partial charge is 0.207 e. The van der Waals surface area contributed by atoms with E-state index in [4.69, 9.17) is 14.4 Å². The highest BCUT2D eigenvalue weighted by Crippen LogP contribution is 2.20. The number of aromatic nitrogens is 1. The second-order valence-corrected chi connectivity index (χ2v) is 7.53. The largest absolute Gasteiger partial charge is 0.487 e. The fourth-order valence-corrected chi connectivity index (χ4v) is 3.58. The van der Waals surface area contributed by atoms with Gasteiger partial charge in [-0.25, -0.2) is 4.98 Å². The second kappa shape index (κ2) is 8.81. The summed E-state index contributed by atoms with van der Waals surface area (Å²) >= 11 is 0. The van der Waals surface area contributed by atoms with Gasteiger partial charge in [-0.15, -0.1) is 0 Å². The number of hydrogen-bond acceptors (Lipinski definition) is 5. The molecule has 0 radical (unpaired) electrons. The highest BCUT2D eigenvalue weighted by atomic mass is 16.5. The summed E-state index contributed by atoms with van der Waals surface area (Å²) in [5.41, 5.74) is 3.79. The van der Waals surface area contributed by atoms with Gasteiger partial charge in [0.2, 0.25) is 5.76 Å². The number of ether oxygens (including phenoxy) is 1. The molecule has 0 fully saturated rings. The number of rotatable bonds is 5. The van der Waals surface area contributed by atoms with E-state index in [0.717, 1.165) is 33.5 Å². The Hall–Kier alpha value is -4.69. The molecule has 5 aromatic rings. The van der Waals surface area contributed by atoms with Crippen LogP contribution < -0.4 is 10.2 Å². The molecule has 0 amide bonds. The molecule has 0 saturated carbocycles. The van der Waals surface area contributed by atoms with Crippen LogP contribution in [0.15, 0.2) is 94.1 Å². The number of nitrogens with zero attached hydrogens (tertiary/aromatic N) is 2. The van der Waals surface area contributed by atoms with Gasteiger partial charge in [-0.2, -0.15) is 5.26 Å². The third kappa shape index (κ3) is 4.51. The molecule has 0 bridgehead atoms. The first-order valence-electron chi connectivity index (χ1n) is 10.4. The quantitative estimate of drug-likeness (QED) is 0.322. The van der Waals surface area contributed by atoms with Gasteiger partial charge in [0.15, 0.2) is 5.43 Å². The standard InChI is InChI=1S/C28H18N2O3/c29-17-24-16-27(31)25-13-10-20(15-28(25)33-24)9-8-19-4-3-6-23(14-19)32-18-22-12-11-21-5-1-2-7-26(21)30-22/h1-16H,18H2/b9-8+. The summed E-state index contributed by atoms with van der Waals surface area (Å²) < 4.78 is 11.4. The normalized spacial score (nSPS) is 11.1. The van der Waals surface area contributed by atoms with Crippen LogP contribution in [0.5, 0.6) is 5.75 Å². The van der Waals surface area contributed by atoms with Crippen LogP contribution in [-0.4, -0.2) is 4.98 Å².